The van der Waals surface area contributed by atoms with Crippen LogP contribution < -0.4 is 4.74 Å². The topological polar surface area (TPSA) is 29.5 Å². The lowest BCUT2D eigenvalue weighted by molar-refractivity contribution is 0.118. The molecule has 0 saturated carbocycles. The molecule has 14 heavy (non-hydrogen) atoms. The van der Waals surface area contributed by atoms with Gasteiger partial charge < -0.3 is 9.84 Å². The summed E-state index contributed by atoms with van der Waals surface area (Å²) in [5, 5.41) is 10.5. The van der Waals surface area contributed by atoms with Crippen LogP contribution in [0.4, 0.5) is 0 Å². The molecule has 1 rings (SSSR count). The van der Waals surface area contributed by atoms with Crippen LogP contribution >= 0.6 is 11.3 Å². The fourth-order valence-electron chi connectivity index (χ4n) is 0.782. The summed E-state index contributed by atoms with van der Waals surface area (Å²) >= 11 is 1.48. The zero-order chi connectivity index (χ0) is 10.6. The summed E-state index contributed by atoms with van der Waals surface area (Å²) in [6.07, 6.45) is 0.627. The van der Waals surface area contributed by atoms with Gasteiger partial charge >= 0.3 is 0 Å². The maximum atomic E-state index is 9.65. The van der Waals surface area contributed by atoms with Crippen LogP contribution in [0, 0.1) is 11.8 Å². The van der Waals surface area contributed by atoms with Crippen LogP contribution in [0.15, 0.2) is 12.1 Å². The number of hydrogen-bond donors (Lipinski definition) is 1. The molecule has 0 fully saturated rings. The lowest BCUT2D eigenvalue weighted by Crippen LogP contribution is -2.19. The smallest absolute Gasteiger partial charge is 0.174 e. The predicted octanol–water partition coefficient (Wildman–Crippen LogP) is 2.27. The normalized spacial score (nSPS) is 14.0. The number of ether oxygens (including phenoxy) is 1. The molecule has 1 unspecified atom stereocenters. The van der Waals surface area contributed by atoms with Gasteiger partial charge in [-0.1, -0.05) is 30.1 Å². The van der Waals surface area contributed by atoms with Crippen molar-refractivity contribution in [3.05, 3.63) is 17.0 Å². The molecule has 1 heterocycles. The van der Waals surface area contributed by atoms with E-state index in [1.165, 1.54) is 11.3 Å². The van der Waals surface area contributed by atoms with E-state index in [0.717, 1.165) is 9.94 Å². The van der Waals surface area contributed by atoms with Crippen molar-refractivity contribution in [2.45, 2.75) is 25.9 Å². The molecule has 0 saturated heterocycles. The van der Waals surface area contributed by atoms with E-state index < -0.39 is 5.60 Å². The molecule has 2 nitrogen and oxygen atoms in total. The van der Waals surface area contributed by atoms with Gasteiger partial charge in [0.2, 0.25) is 0 Å². The minimum atomic E-state index is -0.892. The van der Waals surface area contributed by atoms with Gasteiger partial charge in [-0.05, 0) is 25.5 Å². The number of rotatable bonds is 2. The summed E-state index contributed by atoms with van der Waals surface area (Å²) in [4.78, 5) is 0.913. The van der Waals surface area contributed by atoms with Gasteiger partial charge in [0, 0.05) is 0 Å². The zero-order valence-electron chi connectivity index (χ0n) is 8.63. The molecule has 0 spiro atoms. The molecule has 0 amide bonds. The molecule has 0 aromatic carbocycles. The number of hydrogen-bond acceptors (Lipinski definition) is 3. The average molecular weight is 210 g/mol. The number of thiophene rings is 1. The fraction of sp³-hybridized carbons (Fsp3) is 0.455. The minimum absolute atomic E-state index is 0.627. The van der Waals surface area contributed by atoms with Crippen LogP contribution in [-0.2, 0) is 0 Å². The summed E-state index contributed by atoms with van der Waals surface area (Å²) in [6, 6.07) is 3.76. The Hall–Kier alpha value is -0.980. The Labute approximate surface area is 88.5 Å². The van der Waals surface area contributed by atoms with E-state index in [2.05, 4.69) is 11.8 Å². The Balaban J connectivity index is 2.77. The number of methoxy groups -OCH3 is 1. The van der Waals surface area contributed by atoms with Gasteiger partial charge in [-0.25, -0.2) is 0 Å². The first kappa shape index (κ1) is 11.1. The molecule has 1 aromatic heterocycles. The highest BCUT2D eigenvalue weighted by Gasteiger charge is 2.12. The number of aliphatic hydroxyl groups is 1. The van der Waals surface area contributed by atoms with Crippen molar-refractivity contribution >= 4 is 11.3 Å². The van der Waals surface area contributed by atoms with Crippen molar-refractivity contribution in [3.8, 4) is 16.9 Å². The summed E-state index contributed by atoms with van der Waals surface area (Å²) in [6.45, 7) is 3.62. The lowest BCUT2D eigenvalue weighted by Gasteiger charge is -2.11. The monoisotopic (exact) mass is 210 g/mol. The Morgan fingerprint density at radius 1 is 1.57 bits per heavy atom. The Morgan fingerprint density at radius 2 is 2.29 bits per heavy atom. The molecule has 0 aliphatic rings. The first-order chi connectivity index (χ1) is 6.57. The highest BCUT2D eigenvalue weighted by Crippen LogP contribution is 2.23. The highest BCUT2D eigenvalue weighted by molar-refractivity contribution is 7.14. The summed E-state index contributed by atoms with van der Waals surface area (Å²) in [5.74, 6) is 5.75. The van der Waals surface area contributed by atoms with E-state index in [0.29, 0.717) is 6.42 Å². The fourth-order valence-corrected chi connectivity index (χ4v) is 1.46. The van der Waals surface area contributed by atoms with Gasteiger partial charge in [-0.3, -0.25) is 0 Å². The van der Waals surface area contributed by atoms with Crippen molar-refractivity contribution in [3.63, 3.8) is 0 Å². The molecule has 0 radical (unpaired) electrons. The van der Waals surface area contributed by atoms with E-state index >= 15 is 0 Å². The molecule has 0 aliphatic heterocycles. The highest BCUT2D eigenvalue weighted by atomic mass is 32.1. The molecule has 76 valence electrons. The molecular weight excluding hydrogens is 196 g/mol. The van der Waals surface area contributed by atoms with Crippen molar-refractivity contribution in [2.75, 3.05) is 7.11 Å². The maximum absolute atomic E-state index is 9.65. The van der Waals surface area contributed by atoms with Crippen LogP contribution in [0.1, 0.15) is 25.1 Å². The van der Waals surface area contributed by atoms with E-state index in [9.17, 15) is 5.11 Å². The van der Waals surface area contributed by atoms with Crippen LogP contribution in [0.5, 0.6) is 5.06 Å². The molecule has 1 atom stereocenters. The van der Waals surface area contributed by atoms with Gasteiger partial charge in [-0.2, -0.15) is 0 Å². The van der Waals surface area contributed by atoms with Crippen LogP contribution in [0.25, 0.3) is 0 Å². The third-order valence-electron chi connectivity index (χ3n) is 1.93. The van der Waals surface area contributed by atoms with E-state index in [4.69, 9.17) is 4.74 Å². The SMILES string of the molecule is CCC(C)(O)C#Cc1ccc(OC)s1. The molecule has 1 N–H and O–H groups in total. The first-order valence-electron chi connectivity index (χ1n) is 4.47. The average Bonchev–Trinajstić information content (AvgIpc) is 2.63. The van der Waals surface area contributed by atoms with Gasteiger partial charge in [-0.15, -0.1) is 0 Å². The third kappa shape index (κ3) is 3.06. The second-order valence-electron chi connectivity index (χ2n) is 3.20. The van der Waals surface area contributed by atoms with Gasteiger partial charge in [0.15, 0.2) is 5.06 Å². The molecule has 1 aromatic rings. The second kappa shape index (κ2) is 4.50. The van der Waals surface area contributed by atoms with Crippen molar-refractivity contribution < 1.29 is 9.84 Å². The van der Waals surface area contributed by atoms with E-state index in [-0.39, 0.29) is 0 Å². The summed E-state index contributed by atoms with van der Waals surface area (Å²) in [5.41, 5.74) is -0.892. The summed E-state index contributed by atoms with van der Waals surface area (Å²) in [7, 11) is 1.63. The summed E-state index contributed by atoms with van der Waals surface area (Å²) < 4.78 is 5.04. The Kier molecular flexibility index (Phi) is 3.56. The molecule has 0 aliphatic carbocycles. The van der Waals surface area contributed by atoms with E-state index in [1.807, 2.05) is 19.1 Å². The Bertz CT molecular complexity index is 355. The Morgan fingerprint density at radius 3 is 2.79 bits per heavy atom. The largest absolute Gasteiger partial charge is 0.487 e. The van der Waals surface area contributed by atoms with Gasteiger partial charge in [0.25, 0.3) is 0 Å². The van der Waals surface area contributed by atoms with E-state index in [1.54, 1.807) is 14.0 Å². The van der Waals surface area contributed by atoms with Gasteiger partial charge in [0.1, 0.15) is 5.60 Å². The van der Waals surface area contributed by atoms with Crippen molar-refractivity contribution in [2.24, 2.45) is 0 Å². The van der Waals surface area contributed by atoms with Crippen LogP contribution in [-0.4, -0.2) is 17.8 Å². The standard InChI is InChI=1S/C11H14O2S/c1-4-11(2,12)8-7-9-5-6-10(13-3)14-9/h5-6,12H,4H2,1-3H3. The minimum Gasteiger partial charge on any atom is -0.487 e. The zero-order valence-corrected chi connectivity index (χ0v) is 9.44. The molecule has 0 bridgehead atoms. The van der Waals surface area contributed by atoms with Gasteiger partial charge in [0.05, 0.1) is 12.0 Å². The van der Waals surface area contributed by atoms with Crippen molar-refractivity contribution in [1.82, 2.24) is 0 Å². The molecule has 3 heteroatoms. The first-order valence-corrected chi connectivity index (χ1v) is 5.28. The quantitative estimate of drug-likeness (QED) is 0.759. The predicted molar refractivity (Wildman–Crippen MR) is 58.7 cm³/mol. The van der Waals surface area contributed by atoms with Crippen molar-refractivity contribution in [1.29, 1.82) is 0 Å². The second-order valence-corrected chi connectivity index (χ2v) is 4.25. The molecular formula is C11H14O2S. The lowest BCUT2D eigenvalue weighted by atomic mass is 10.1. The van der Waals surface area contributed by atoms with Crippen LogP contribution in [0.3, 0.4) is 0 Å². The van der Waals surface area contributed by atoms with Crippen LogP contribution in [0.2, 0.25) is 0 Å². The maximum Gasteiger partial charge on any atom is 0.174 e. The third-order valence-corrected chi connectivity index (χ3v) is 2.89.